The molecule has 0 aromatic carbocycles. The summed E-state index contributed by atoms with van der Waals surface area (Å²) in [6, 6.07) is 0. The molecule has 0 aromatic rings. The fourth-order valence-corrected chi connectivity index (χ4v) is 9.76. The Kier molecular flexibility index (Phi) is 4.73. The van der Waals surface area contributed by atoms with Gasteiger partial charge >= 0.3 is 8.56 Å². The molecule has 0 amide bonds. The van der Waals surface area contributed by atoms with Crippen LogP contribution in [0.2, 0.25) is 11.1 Å². The number of hydrogen-bond acceptors (Lipinski definition) is 2. The fourth-order valence-electron chi connectivity index (χ4n) is 4.86. The van der Waals surface area contributed by atoms with E-state index < -0.39 is 8.56 Å². The van der Waals surface area contributed by atoms with Gasteiger partial charge in [0.15, 0.2) is 0 Å². The van der Waals surface area contributed by atoms with E-state index in [-0.39, 0.29) is 0 Å². The van der Waals surface area contributed by atoms with Crippen molar-refractivity contribution in [3.63, 3.8) is 0 Å². The van der Waals surface area contributed by atoms with Gasteiger partial charge in [0, 0.05) is 25.3 Å². The number of hydrogen-bond donors (Lipinski definition) is 0. The SMILES string of the molecule is CO[Si](OC)(C1CCC(C)(C)CC1)C1CCCC1(C)C. The van der Waals surface area contributed by atoms with Gasteiger partial charge in [-0.15, -0.1) is 0 Å². The van der Waals surface area contributed by atoms with Gasteiger partial charge < -0.3 is 8.85 Å². The van der Waals surface area contributed by atoms with Crippen molar-refractivity contribution in [3.05, 3.63) is 0 Å². The monoisotopic (exact) mass is 298 g/mol. The van der Waals surface area contributed by atoms with Gasteiger partial charge in [-0.1, -0.05) is 34.1 Å². The topological polar surface area (TPSA) is 18.5 Å². The van der Waals surface area contributed by atoms with Gasteiger partial charge in [-0.2, -0.15) is 0 Å². The lowest BCUT2D eigenvalue weighted by Crippen LogP contribution is -2.53. The molecule has 1 atom stereocenters. The van der Waals surface area contributed by atoms with Crippen LogP contribution in [0.5, 0.6) is 0 Å². The molecule has 2 aliphatic carbocycles. The van der Waals surface area contributed by atoms with Crippen molar-refractivity contribution in [3.8, 4) is 0 Å². The van der Waals surface area contributed by atoms with Crippen molar-refractivity contribution < 1.29 is 8.85 Å². The van der Waals surface area contributed by atoms with Crippen LogP contribution in [0.15, 0.2) is 0 Å². The summed E-state index contributed by atoms with van der Waals surface area (Å²) in [7, 11) is 1.73. The van der Waals surface area contributed by atoms with Crippen molar-refractivity contribution in [1.82, 2.24) is 0 Å². The summed E-state index contributed by atoms with van der Waals surface area (Å²) in [5.41, 5.74) is 2.26. The summed E-state index contributed by atoms with van der Waals surface area (Å²) in [4.78, 5) is 0. The van der Waals surface area contributed by atoms with Crippen molar-refractivity contribution in [1.29, 1.82) is 0 Å². The quantitative estimate of drug-likeness (QED) is 0.658. The Morgan fingerprint density at radius 1 is 0.850 bits per heavy atom. The van der Waals surface area contributed by atoms with Crippen LogP contribution in [0.1, 0.15) is 72.6 Å². The van der Waals surface area contributed by atoms with Crippen LogP contribution in [0.25, 0.3) is 0 Å². The normalized spacial score (nSPS) is 30.6. The van der Waals surface area contributed by atoms with E-state index in [0.29, 0.717) is 21.9 Å². The molecule has 2 aliphatic rings. The second kappa shape index (κ2) is 5.73. The maximum absolute atomic E-state index is 6.23. The maximum Gasteiger partial charge on any atom is 0.344 e. The summed E-state index contributed by atoms with van der Waals surface area (Å²) >= 11 is 0. The molecule has 0 saturated heterocycles. The molecule has 0 bridgehead atoms. The van der Waals surface area contributed by atoms with Crippen LogP contribution in [-0.4, -0.2) is 22.8 Å². The molecule has 3 heteroatoms. The first-order valence-corrected chi connectivity index (χ1v) is 10.3. The molecule has 2 nitrogen and oxygen atoms in total. The molecule has 2 saturated carbocycles. The van der Waals surface area contributed by atoms with Gasteiger partial charge in [0.2, 0.25) is 0 Å². The summed E-state index contributed by atoms with van der Waals surface area (Å²) in [6.07, 6.45) is 9.23. The van der Waals surface area contributed by atoms with Crippen LogP contribution in [0.4, 0.5) is 0 Å². The summed E-state index contributed by atoms with van der Waals surface area (Å²) < 4.78 is 12.5. The van der Waals surface area contributed by atoms with E-state index in [4.69, 9.17) is 8.85 Å². The molecule has 0 radical (unpaired) electrons. The first-order chi connectivity index (χ1) is 9.27. The Balaban J connectivity index is 2.22. The van der Waals surface area contributed by atoms with E-state index >= 15 is 0 Å². The third-order valence-corrected chi connectivity index (χ3v) is 11.3. The minimum absolute atomic E-state index is 0.394. The highest BCUT2D eigenvalue weighted by Gasteiger charge is 2.58. The molecular weight excluding hydrogens is 264 g/mol. The molecular formula is C17H34O2Si. The average molecular weight is 299 g/mol. The standard InChI is InChI=1S/C17H34O2Si/c1-16(2)12-9-14(10-13-16)20(18-5,19-6)15-8-7-11-17(15,3)4/h14-15H,7-13H2,1-6H3. The largest absolute Gasteiger partial charge is 0.397 e. The Morgan fingerprint density at radius 2 is 1.40 bits per heavy atom. The number of rotatable bonds is 4. The third-order valence-electron chi connectivity index (χ3n) is 6.29. The predicted octanol–water partition coefficient (Wildman–Crippen LogP) is 5.27. The zero-order valence-electron chi connectivity index (χ0n) is 14.4. The van der Waals surface area contributed by atoms with Gasteiger partial charge in [-0.3, -0.25) is 0 Å². The molecule has 0 aliphatic heterocycles. The van der Waals surface area contributed by atoms with E-state index in [1.807, 2.05) is 14.2 Å². The summed E-state index contributed by atoms with van der Waals surface area (Å²) in [6.45, 7) is 9.67. The summed E-state index contributed by atoms with van der Waals surface area (Å²) in [5.74, 6) is 0. The highest BCUT2D eigenvalue weighted by Crippen LogP contribution is 2.58. The van der Waals surface area contributed by atoms with Crippen LogP contribution in [0, 0.1) is 10.8 Å². The molecule has 20 heavy (non-hydrogen) atoms. The molecule has 0 heterocycles. The smallest absolute Gasteiger partial charge is 0.344 e. The van der Waals surface area contributed by atoms with Crippen molar-refractivity contribution in [2.24, 2.45) is 10.8 Å². The maximum atomic E-state index is 6.23. The second-order valence-electron chi connectivity index (χ2n) is 8.50. The summed E-state index contributed by atoms with van der Waals surface area (Å²) in [5, 5.41) is 0. The van der Waals surface area contributed by atoms with Crippen molar-refractivity contribution in [2.75, 3.05) is 14.2 Å². The van der Waals surface area contributed by atoms with E-state index in [2.05, 4.69) is 27.7 Å². The zero-order valence-corrected chi connectivity index (χ0v) is 15.4. The molecule has 1 unspecified atom stereocenters. The minimum atomic E-state index is -2.11. The Morgan fingerprint density at radius 3 is 1.80 bits per heavy atom. The second-order valence-corrected chi connectivity index (χ2v) is 12.3. The van der Waals surface area contributed by atoms with Gasteiger partial charge in [0.25, 0.3) is 0 Å². The Bertz CT molecular complexity index is 324. The minimum Gasteiger partial charge on any atom is -0.397 e. The molecule has 2 rings (SSSR count). The van der Waals surface area contributed by atoms with E-state index in [0.717, 1.165) is 0 Å². The Hall–Kier alpha value is 0.137. The lowest BCUT2D eigenvalue weighted by atomic mass is 9.77. The van der Waals surface area contributed by atoms with Crippen LogP contribution in [-0.2, 0) is 8.85 Å². The van der Waals surface area contributed by atoms with Gasteiger partial charge in [-0.05, 0) is 49.4 Å². The van der Waals surface area contributed by atoms with Crippen molar-refractivity contribution >= 4 is 8.56 Å². The molecule has 0 aromatic heterocycles. The highest BCUT2D eigenvalue weighted by atomic mass is 28.4. The first kappa shape index (κ1) is 16.5. The van der Waals surface area contributed by atoms with E-state index in [1.54, 1.807) is 0 Å². The zero-order chi connectivity index (χ0) is 15.0. The average Bonchev–Trinajstić information content (AvgIpc) is 2.74. The van der Waals surface area contributed by atoms with E-state index in [1.165, 1.54) is 44.9 Å². The van der Waals surface area contributed by atoms with Crippen LogP contribution in [0.3, 0.4) is 0 Å². The molecule has 0 spiro atoms. The first-order valence-electron chi connectivity index (χ1n) is 8.38. The van der Waals surface area contributed by atoms with E-state index in [9.17, 15) is 0 Å². The van der Waals surface area contributed by atoms with Gasteiger partial charge in [-0.25, -0.2) is 0 Å². The lowest BCUT2D eigenvalue weighted by Gasteiger charge is -2.47. The molecule has 0 N–H and O–H groups in total. The Labute approximate surface area is 126 Å². The van der Waals surface area contributed by atoms with Gasteiger partial charge in [0.05, 0.1) is 0 Å². The van der Waals surface area contributed by atoms with Crippen LogP contribution >= 0.6 is 0 Å². The lowest BCUT2D eigenvalue weighted by molar-refractivity contribution is 0.158. The fraction of sp³-hybridized carbons (Fsp3) is 1.00. The third kappa shape index (κ3) is 2.86. The molecule has 118 valence electrons. The molecule has 2 fully saturated rings. The highest BCUT2D eigenvalue weighted by molar-refractivity contribution is 6.70. The van der Waals surface area contributed by atoms with Crippen LogP contribution < -0.4 is 0 Å². The van der Waals surface area contributed by atoms with Gasteiger partial charge in [0.1, 0.15) is 0 Å². The van der Waals surface area contributed by atoms with Crippen molar-refractivity contribution in [2.45, 2.75) is 83.7 Å². The predicted molar refractivity (Wildman–Crippen MR) is 87.2 cm³/mol.